The average molecular weight is 533 g/mol. The van der Waals surface area contributed by atoms with Crippen LogP contribution in [0.2, 0.25) is 0 Å². The monoisotopic (exact) mass is 532 g/mol. The Labute approximate surface area is 228 Å². The van der Waals surface area contributed by atoms with Gasteiger partial charge in [-0.25, -0.2) is 9.97 Å². The van der Waals surface area contributed by atoms with Crippen LogP contribution in [-0.4, -0.2) is 62.9 Å². The normalized spacial score (nSPS) is 14.7. The average Bonchev–Trinajstić information content (AvgIpc) is 2.94. The first-order chi connectivity index (χ1) is 18.7. The first-order valence-corrected chi connectivity index (χ1v) is 13.4. The lowest BCUT2D eigenvalue weighted by Crippen LogP contribution is -2.34. The Balaban J connectivity index is 1.33. The molecule has 39 heavy (non-hydrogen) atoms. The second-order valence-corrected chi connectivity index (χ2v) is 10.1. The number of aryl methyl sites for hydroxylation is 1. The van der Waals surface area contributed by atoms with Crippen LogP contribution in [0.25, 0.3) is 11.1 Å². The molecular weight excluding hydrogens is 496 g/mol. The van der Waals surface area contributed by atoms with Crippen LogP contribution in [0.1, 0.15) is 53.8 Å². The Morgan fingerprint density at radius 1 is 1.03 bits per heavy atom. The van der Waals surface area contributed by atoms with Gasteiger partial charge in [-0.2, -0.15) is 0 Å². The highest BCUT2D eigenvalue weighted by molar-refractivity contribution is 5.96. The van der Waals surface area contributed by atoms with Crippen molar-refractivity contribution >= 4 is 17.6 Å². The molecule has 4 N–H and O–H groups in total. The van der Waals surface area contributed by atoms with Gasteiger partial charge in [0.2, 0.25) is 0 Å². The molecule has 1 saturated heterocycles. The molecule has 0 bridgehead atoms. The van der Waals surface area contributed by atoms with Crippen LogP contribution in [0.3, 0.4) is 0 Å². The Hall–Kier alpha value is -3.98. The summed E-state index contributed by atoms with van der Waals surface area (Å²) in [5.74, 6) is -1.42. The van der Waals surface area contributed by atoms with Gasteiger partial charge < -0.3 is 25.5 Å². The third-order valence-electron chi connectivity index (χ3n) is 7.27. The molecule has 1 fully saturated rings. The molecule has 206 valence electrons. The molecule has 1 aliphatic rings. The number of amides is 1. The minimum atomic E-state index is -1.17. The molecule has 1 atom stereocenters. The largest absolute Gasteiger partial charge is 0.504 e. The van der Waals surface area contributed by atoms with Crippen molar-refractivity contribution < 1.29 is 24.9 Å². The summed E-state index contributed by atoms with van der Waals surface area (Å²) in [6.45, 7) is 4.82. The molecular formula is C30H36N4O5. The summed E-state index contributed by atoms with van der Waals surface area (Å²) in [6.07, 6.45) is 3.59. The molecule has 1 amide bonds. The van der Waals surface area contributed by atoms with Gasteiger partial charge in [-0.15, -0.1) is 0 Å². The van der Waals surface area contributed by atoms with Gasteiger partial charge in [-0.3, -0.25) is 9.59 Å². The van der Waals surface area contributed by atoms with E-state index in [9.17, 15) is 19.8 Å². The number of aliphatic hydroxyl groups is 1. The summed E-state index contributed by atoms with van der Waals surface area (Å²) in [5, 5.41) is 31.1. The Morgan fingerprint density at radius 2 is 1.64 bits per heavy atom. The lowest BCUT2D eigenvalue weighted by atomic mass is 9.92. The third kappa shape index (κ3) is 7.32. The van der Waals surface area contributed by atoms with Crippen molar-refractivity contribution in [2.75, 3.05) is 24.5 Å². The maximum atomic E-state index is 12.3. The molecule has 9 heteroatoms. The van der Waals surface area contributed by atoms with E-state index in [1.54, 1.807) is 6.92 Å². The standard InChI is InChI=1S/C30H36N4O5/c1-3-25(35)16-20-4-6-22(7-5-20)23-8-10-24(11-9-23)34-14-12-21(13-15-34)17-26-32-19(2)29(38)28(33-26)30(39)31-18-27(36)37/h4-11,21,25,35,38H,3,12-18H2,1-2H3,(H,31,39)(H,36,37)/t25-/m1/s1. The van der Waals surface area contributed by atoms with Crippen LogP contribution >= 0.6 is 0 Å². The fourth-order valence-corrected chi connectivity index (χ4v) is 4.88. The van der Waals surface area contributed by atoms with Crippen LogP contribution in [0.4, 0.5) is 5.69 Å². The summed E-state index contributed by atoms with van der Waals surface area (Å²) >= 11 is 0. The van der Waals surface area contributed by atoms with Gasteiger partial charge in [0.15, 0.2) is 11.4 Å². The molecule has 3 aromatic rings. The van der Waals surface area contributed by atoms with Crippen LogP contribution in [0.5, 0.6) is 5.75 Å². The molecule has 9 nitrogen and oxygen atoms in total. The number of aliphatic carboxylic acids is 1. The van der Waals surface area contributed by atoms with Gasteiger partial charge >= 0.3 is 5.97 Å². The Bertz CT molecular complexity index is 1290. The van der Waals surface area contributed by atoms with Gasteiger partial charge in [-0.1, -0.05) is 43.3 Å². The highest BCUT2D eigenvalue weighted by Crippen LogP contribution is 2.29. The second kappa shape index (κ2) is 12.7. The molecule has 2 heterocycles. The van der Waals surface area contributed by atoms with Crippen LogP contribution in [0.15, 0.2) is 48.5 Å². The van der Waals surface area contributed by atoms with Gasteiger partial charge in [0.05, 0.1) is 11.8 Å². The number of anilines is 1. The van der Waals surface area contributed by atoms with Crippen molar-refractivity contribution in [3.05, 3.63) is 71.3 Å². The smallest absolute Gasteiger partial charge is 0.322 e. The number of aromatic nitrogens is 2. The SMILES string of the molecule is CC[C@@H](O)Cc1ccc(-c2ccc(N3CCC(Cc4nc(C)c(O)c(C(=O)NCC(=O)O)n4)CC3)cc2)cc1. The van der Waals surface area contributed by atoms with Crippen molar-refractivity contribution in [3.63, 3.8) is 0 Å². The summed E-state index contributed by atoms with van der Waals surface area (Å²) < 4.78 is 0. The van der Waals surface area contributed by atoms with E-state index in [1.165, 1.54) is 5.69 Å². The fourth-order valence-electron chi connectivity index (χ4n) is 4.88. The summed E-state index contributed by atoms with van der Waals surface area (Å²) in [5.41, 5.74) is 4.72. The number of nitrogens with zero attached hydrogens (tertiary/aromatic N) is 3. The molecule has 0 radical (unpaired) electrons. The van der Waals surface area contributed by atoms with E-state index in [4.69, 9.17) is 5.11 Å². The molecule has 0 saturated carbocycles. The zero-order valence-electron chi connectivity index (χ0n) is 22.4. The van der Waals surface area contributed by atoms with E-state index < -0.39 is 18.4 Å². The number of nitrogens with one attached hydrogen (secondary N) is 1. The van der Waals surface area contributed by atoms with Crippen LogP contribution in [0, 0.1) is 12.8 Å². The molecule has 0 aliphatic carbocycles. The van der Waals surface area contributed by atoms with E-state index >= 15 is 0 Å². The summed E-state index contributed by atoms with van der Waals surface area (Å²) in [4.78, 5) is 34.0. The molecule has 0 spiro atoms. The minimum Gasteiger partial charge on any atom is -0.504 e. The molecule has 1 aliphatic heterocycles. The first kappa shape index (κ1) is 28.0. The fraction of sp³-hybridized carbons (Fsp3) is 0.400. The van der Waals surface area contributed by atoms with E-state index in [2.05, 4.69) is 68.7 Å². The predicted octanol–water partition coefficient (Wildman–Crippen LogP) is 3.74. The molecule has 4 rings (SSSR count). The molecule has 0 unspecified atom stereocenters. The Morgan fingerprint density at radius 3 is 2.23 bits per heavy atom. The van der Waals surface area contributed by atoms with Crippen molar-refractivity contribution in [3.8, 4) is 16.9 Å². The number of carbonyl (C=O) groups is 2. The number of piperidine rings is 1. The van der Waals surface area contributed by atoms with Gasteiger partial charge in [-0.05, 0) is 67.3 Å². The highest BCUT2D eigenvalue weighted by atomic mass is 16.4. The highest BCUT2D eigenvalue weighted by Gasteiger charge is 2.23. The van der Waals surface area contributed by atoms with E-state index in [1.807, 2.05) is 6.92 Å². The van der Waals surface area contributed by atoms with E-state index in [0.717, 1.165) is 49.0 Å². The summed E-state index contributed by atoms with van der Waals surface area (Å²) in [6, 6.07) is 17.0. The molecule has 1 aromatic heterocycles. The zero-order valence-corrected chi connectivity index (χ0v) is 22.4. The minimum absolute atomic E-state index is 0.190. The molecule has 2 aromatic carbocycles. The van der Waals surface area contributed by atoms with Gasteiger partial charge in [0.1, 0.15) is 12.4 Å². The number of aromatic hydroxyl groups is 1. The number of carboxylic acid groups (broad SMARTS) is 1. The number of hydrogen-bond acceptors (Lipinski definition) is 7. The Kier molecular flexibility index (Phi) is 9.14. The van der Waals surface area contributed by atoms with Gasteiger partial charge in [0.25, 0.3) is 5.91 Å². The number of carboxylic acids is 1. The predicted molar refractivity (Wildman–Crippen MR) is 149 cm³/mol. The van der Waals surface area contributed by atoms with Crippen molar-refractivity contribution in [1.29, 1.82) is 0 Å². The van der Waals surface area contributed by atoms with Crippen molar-refractivity contribution in [2.24, 2.45) is 5.92 Å². The number of hydrogen-bond donors (Lipinski definition) is 4. The zero-order chi connectivity index (χ0) is 27.9. The van der Waals surface area contributed by atoms with Crippen LogP contribution in [-0.2, 0) is 17.6 Å². The first-order valence-electron chi connectivity index (χ1n) is 13.4. The van der Waals surface area contributed by atoms with Crippen molar-refractivity contribution in [1.82, 2.24) is 15.3 Å². The quantitative estimate of drug-likeness (QED) is 0.310. The number of rotatable bonds is 10. The maximum Gasteiger partial charge on any atom is 0.322 e. The van der Waals surface area contributed by atoms with Gasteiger partial charge in [0, 0.05) is 25.2 Å². The maximum absolute atomic E-state index is 12.3. The lowest BCUT2D eigenvalue weighted by molar-refractivity contribution is -0.135. The van der Waals surface area contributed by atoms with E-state index in [-0.39, 0.29) is 17.5 Å². The number of carbonyl (C=O) groups excluding carboxylic acids is 1. The third-order valence-corrected chi connectivity index (χ3v) is 7.27. The number of aliphatic hydroxyl groups excluding tert-OH is 1. The van der Waals surface area contributed by atoms with Crippen LogP contribution < -0.4 is 10.2 Å². The second-order valence-electron chi connectivity index (χ2n) is 10.1. The lowest BCUT2D eigenvalue weighted by Gasteiger charge is -2.33. The topological polar surface area (TPSA) is 136 Å². The summed E-state index contributed by atoms with van der Waals surface area (Å²) in [7, 11) is 0. The van der Waals surface area contributed by atoms with Crippen molar-refractivity contribution in [2.45, 2.75) is 52.1 Å². The van der Waals surface area contributed by atoms with E-state index in [0.29, 0.717) is 30.3 Å². The number of benzene rings is 2.